The molecule has 0 saturated carbocycles. The molecule has 3 rings (SSSR count). The van der Waals surface area contributed by atoms with Gasteiger partial charge in [-0.05, 0) is 19.3 Å². The van der Waals surface area contributed by atoms with Gasteiger partial charge in [-0.2, -0.15) is 4.98 Å². The van der Waals surface area contributed by atoms with Gasteiger partial charge in [0.25, 0.3) is 11.1 Å². The fourth-order valence-electron chi connectivity index (χ4n) is 2.40. The van der Waals surface area contributed by atoms with Gasteiger partial charge in [-0.1, -0.05) is 21.6 Å². The van der Waals surface area contributed by atoms with Crippen LogP contribution < -0.4 is 4.74 Å². The summed E-state index contributed by atoms with van der Waals surface area (Å²) in [5.74, 6) is 0.660. The molecule has 1 aliphatic heterocycles. The van der Waals surface area contributed by atoms with E-state index in [-0.39, 0.29) is 12.5 Å². The smallest absolute Gasteiger partial charge is 0.294 e. The van der Waals surface area contributed by atoms with E-state index >= 15 is 0 Å². The number of nitrogens with zero attached hydrogens (tertiary/aromatic N) is 5. The summed E-state index contributed by atoms with van der Waals surface area (Å²) < 4.78 is 15.5. The van der Waals surface area contributed by atoms with E-state index in [4.69, 9.17) is 14.0 Å². The third kappa shape index (κ3) is 3.48. The first-order valence-corrected chi connectivity index (χ1v) is 8.05. The second-order valence-corrected chi connectivity index (χ2v) is 6.01. The van der Waals surface area contributed by atoms with Gasteiger partial charge in [0, 0.05) is 13.7 Å². The Balaban J connectivity index is 1.71. The molecule has 10 heteroatoms. The molecule has 1 unspecified atom stereocenters. The summed E-state index contributed by atoms with van der Waals surface area (Å²) >= 11 is 1.22. The van der Waals surface area contributed by atoms with Crippen LogP contribution in [-0.4, -0.2) is 58.0 Å². The van der Waals surface area contributed by atoms with Crippen LogP contribution in [0.5, 0.6) is 5.19 Å². The standard InChI is InChI=1S/C13H17N5O4S/c1-20-8-5-3-4-6-18(12(8)19)7-9-14-10(17-22-9)11-15-16-13(21-2)23-11/h8H,3-7H2,1-2H3. The van der Waals surface area contributed by atoms with Crippen molar-refractivity contribution in [3.05, 3.63) is 5.89 Å². The minimum atomic E-state index is -0.396. The molecule has 0 spiro atoms. The molecule has 1 atom stereocenters. The zero-order valence-corrected chi connectivity index (χ0v) is 13.7. The number of carbonyl (C=O) groups excluding carboxylic acids is 1. The van der Waals surface area contributed by atoms with E-state index in [0.29, 0.717) is 28.5 Å². The van der Waals surface area contributed by atoms with Crippen molar-refractivity contribution in [2.24, 2.45) is 0 Å². The minimum Gasteiger partial charge on any atom is -0.472 e. The molecule has 0 radical (unpaired) electrons. The van der Waals surface area contributed by atoms with E-state index in [1.54, 1.807) is 12.0 Å². The number of carbonyl (C=O) groups is 1. The van der Waals surface area contributed by atoms with Gasteiger partial charge in [0.15, 0.2) is 5.01 Å². The van der Waals surface area contributed by atoms with Crippen molar-refractivity contribution < 1.29 is 18.8 Å². The zero-order valence-electron chi connectivity index (χ0n) is 12.9. The number of methoxy groups -OCH3 is 2. The highest BCUT2D eigenvalue weighted by molar-refractivity contribution is 7.16. The molecule has 23 heavy (non-hydrogen) atoms. The third-order valence-electron chi connectivity index (χ3n) is 3.58. The summed E-state index contributed by atoms with van der Waals surface area (Å²) in [6.07, 6.45) is 2.24. The minimum absolute atomic E-state index is 0.0395. The van der Waals surface area contributed by atoms with Gasteiger partial charge < -0.3 is 18.9 Å². The third-order valence-corrected chi connectivity index (χ3v) is 4.46. The maximum Gasteiger partial charge on any atom is 0.294 e. The summed E-state index contributed by atoms with van der Waals surface area (Å²) in [5.41, 5.74) is 0. The lowest BCUT2D eigenvalue weighted by atomic mass is 10.2. The first kappa shape index (κ1) is 15.8. The Hall–Kier alpha value is -2.07. The number of hydrogen-bond donors (Lipinski definition) is 0. The van der Waals surface area contributed by atoms with Crippen molar-refractivity contribution in [2.75, 3.05) is 20.8 Å². The Morgan fingerprint density at radius 1 is 1.35 bits per heavy atom. The van der Waals surface area contributed by atoms with E-state index < -0.39 is 6.10 Å². The summed E-state index contributed by atoms with van der Waals surface area (Å²) in [4.78, 5) is 18.3. The van der Waals surface area contributed by atoms with E-state index in [2.05, 4.69) is 20.3 Å². The fourth-order valence-corrected chi connectivity index (χ4v) is 2.98. The lowest BCUT2D eigenvalue weighted by Crippen LogP contribution is -2.38. The zero-order chi connectivity index (χ0) is 16.2. The van der Waals surface area contributed by atoms with Gasteiger partial charge in [0.1, 0.15) is 12.6 Å². The molecule has 1 fully saturated rings. The maximum atomic E-state index is 12.4. The molecule has 0 aromatic carbocycles. The van der Waals surface area contributed by atoms with E-state index in [1.165, 1.54) is 18.4 Å². The Morgan fingerprint density at radius 2 is 2.22 bits per heavy atom. The van der Waals surface area contributed by atoms with Crippen molar-refractivity contribution in [3.8, 4) is 16.0 Å². The molecule has 3 heterocycles. The van der Waals surface area contributed by atoms with Crippen LogP contribution in [0.15, 0.2) is 4.52 Å². The molecule has 0 N–H and O–H groups in total. The maximum absolute atomic E-state index is 12.4. The molecule has 9 nitrogen and oxygen atoms in total. The summed E-state index contributed by atoms with van der Waals surface area (Å²) in [6.45, 7) is 0.921. The molecule has 2 aromatic rings. The average Bonchev–Trinajstić information content (AvgIpc) is 3.18. The average molecular weight is 339 g/mol. The molecule has 0 bridgehead atoms. The monoisotopic (exact) mass is 339 g/mol. The van der Waals surface area contributed by atoms with Gasteiger partial charge in [-0.3, -0.25) is 4.79 Å². The van der Waals surface area contributed by atoms with Crippen molar-refractivity contribution >= 4 is 17.2 Å². The predicted octanol–water partition coefficient (Wildman–Crippen LogP) is 1.12. The Kier molecular flexibility index (Phi) is 4.82. The van der Waals surface area contributed by atoms with Crippen LogP contribution in [0.1, 0.15) is 25.2 Å². The van der Waals surface area contributed by atoms with Crippen LogP contribution >= 0.6 is 11.3 Å². The second kappa shape index (κ2) is 7.01. The van der Waals surface area contributed by atoms with E-state index in [0.717, 1.165) is 19.3 Å². The Bertz CT molecular complexity index is 673. The molecule has 124 valence electrons. The number of amides is 1. The van der Waals surface area contributed by atoms with Crippen LogP contribution in [0.25, 0.3) is 10.8 Å². The van der Waals surface area contributed by atoms with Crippen LogP contribution in [0, 0.1) is 0 Å². The molecule has 1 aliphatic rings. The lowest BCUT2D eigenvalue weighted by molar-refractivity contribution is -0.142. The van der Waals surface area contributed by atoms with Gasteiger partial charge in [-0.25, -0.2) is 0 Å². The summed E-state index contributed by atoms with van der Waals surface area (Å²) in [6, 6.07) is 0. The SMILES string of the molecule is COc1nnc(-c2noc(CN3CCCCC(OC)C3=O)n2)s1. The van der Waals surface area contributed by atoms with Crippen LogP contribution in [0.4, 0.5) is 0 Å². The summed E-state index contributed by atoms with van der Waals surface area (Å²) in [5, 5.41) is 12.6. The first-order valence-electron chi connectivity index (χ1n) is 7.23. The lowest BCUT2D eigenvalue weighted by Gasteiger charge is -2.21. The topological polar surface area (TPSA) is 103 Å². The fraction of sp³-hybridized carbons (Fsp3) is 0.615. The number of likely N-dealkylation sites (tertiary alicyclic amines) is 1. The van der Waals surface area contributed by atoms with Crippen LogP contribution in [-0.2, 0) is 16.1 Å². The molecular formula is C13H17N5O4S. The molecule has 1 amide bonds. The molecular weight excluding hydrogens is 322 g/mol. The normalized spacial score (nSPS) is 19.0. The van der Waals surface area contributed by atoms with Crippen LogP contribution in [0.3, 0.4) is 0 Å². The molecule has 2 aromatic heterocycles. The first-order chi connectivity index (χ1) is 11.2. The number of aromatic nitrogens is 4. The van der Waals surface area contributed by atoms with Crippen molar-refractivity contribution in [3.63, 3.8) is 0 Å². The highest BCUT2D eigenvalue weighted by Crippen LogP contribution is 2.25. The van der Waals surface area contributed by atoms with Crippen LogP contribution in [0.2, 0.25) is 0 Å². The predicted molar refractivity (Wildman–Crippen MR) is 79.8 cm³/mol. The van der Waals surface area contributed by atoms with Crippen molar-refractivity contribution in [1.29, 1.82) is 0 Å². The number of ether oxygens (including phenoxy) is 2. The van der Waals surface area contributed by atoms with Gasteiger partial charge in [0.2, 0.25) is 11.7 Å². The quantitative estimate of drug-likeness (QED) is 0.798. The van der Waals surface area contributed by atoms with E-state index in [9.17, 15) is 4.79 Å². The molecule has 1 saturated heterocycles. The number of rotatable bonds is 5. The second-order valence-electron chi connectivity index (χ2n) is 5.07. The van der Waals surface area contributed by atoms with Crippen molar-refractivity contribution in [2.45, 2.75) is 31.9 Å². The highest BCUT2D eigenvalue weighted by Gasteiger charge is 2.28. The van der Waals surface area contributed by atoms with Gasteiger partial charge >= 0.3 is 0 Å². The highest BCUT2D eigenvalue weighted by atomic mass is 32.1. The van der Waals surface area contributed by atoms with Gasteiger partial charge in [0.05, 0.1) is 7.11 Å². The largest absolute Gasteiger partial charge is 0.472 e. The Morgan fingerprint density at radius 3 is 2.96 bits per heavy atom. The van der Waals surface area contributed by atoms with E-state index in [1.807, 2.05) is 0 Å². The van der Waals surface area contributed by atoms with Crippen molar-refractivity contribution in [1.82, 2.24) is 25.2 Å². The number of hydrogen-bond acceptors (Lipinski definition) is 9. The summed E-state index contributed by atoms with van der Waals surface area (Å²) in [7, 11) is 3.07. The Labute approximate surface area is 136 Å². The molecule has 0 aliphatic carbocycles. The van der Waals surface area contributed by atoms with Gasteiger partial charge in [-0.15, -0.1) is 5.10 Å².